The number of pyridine rings is 1. The molecule has 4 nitrogen and oxygen atoms in total. The molecule has 0 radical (unpaired) electrons. The zero-order valence-corrected chi connectivity index (χ0v) is 11.6. The molecule has 0 aromatic carbocycles. The molecule has 1 fully saturated rings. The van der Waals surface area contributed by atoms with Crippen molar-refractivity contribution in [2.24, 2.45) is 11.7 Å². The Morgan fingerprint density at radius 1 is 1.43 bits per heavy atom. The third kappa shape index (κ3) is 3.93. The van der Waals surface area contributed by atoms with Crippen LogP contribution in [-0.2, 0) is 6.18 Å². The number of nitrogens with two attached hydrogens (primary N) is 1. The first-order valence-corrected chi connectivity index (χ1v) is 6.94. The number of amides is 1. The van der Waals surface area contributed by atoms with Gasteiger partial charge in [0.2, 0.25) is 0 Å². The van der Waals surface area contributed by atoms with E-state index < -0.39 is 11.9 Å². The Hall–Kier alpha value is -1.63. The Balaban J connectivity index is 2.05. The van der Waals surface area contributed by atoms with Crippen LogP contribution in [0, 0.1) is 5.92 Å². The summed E-state index contributed by atoms with van der Waals surface area (Å²) in [4.78, 5) is 17.3. The van der Waals surface area contributed by atoms with E-state index >= 15 is 0 Å². The Kier molecular flexibility index (Phi) is 4.82. The van der Waals surface area contributed by atoms with Crippen molar-refractivity contribution in [1.29, 1.82) is 0 Å². The van der Waals surface area contributed by atoms with Crippen LogP contribution in [0.4, 0.5) is 13.2 Å². The fraction of sp³-hybridized carbons (Fsp3) is 0.571. The lowest BCUT2D eigenvalue weighted by molar-refractivity contribution is -0.141. The molecule has 1 aromatic rings. The number of nitrogens with zero attached hydrogens (tertiary/aromatic N) is 2. The van der Waals surface area contributed by atoms with E-state index in [9.17, 15) is 18.0 Å². The van der Waals surface area contributed by atoms with Crippen LogP contribution in [0.1, 0.15) is 35.3 Å². The zero-order valence-electron chi connectivity index (χ0n) is 11.6. The molecule has 2 rings (SSSR count). The fourth-order valence-corrected chi connectivity index (χ4v) is 2.59. The van der Waals surface area contributed by atoms with Gasteiger partial charge in [0.1, 0.15) is 5.69 Å². The molecule has 7 heteroatoms. The lowest BCUT2D eigenvalue weighted by Crippen LogP contribution is -2.40. The van der Waals surface area contributed by atoms with Crippen LogP contribution < -0.4 is 5.73 Å². The summed E-state index contributed by atoms with van der Waals surface area (Å²) in [5.74, 6) is 0.105. The smallest absolute Gasteiger partial charge is 0.338 e. The Morgan fingerprint density at radius 2 is 2.19 bits per heavy atom. The van der Waals surface area contributed by atoms with Gasteiger partial charge in [-0.15, -0.1) is 0 Å². The average molecular weight is 301 g/mol. The van der Waals surface area contributed by atoms with Gasteiger partial charge in [-0.3, -0.25) is 9.78 Å². The summed E-state index contributed by atoms with van der Waals surface area (Å²) >= 11 is 0. The number of alkyl halides is 3. The van der Waals surface area contributed by atoms with Gasteiger partial charge in [-0.05, 0) is 43.9 Å². The van der Waals surface area contributed by atoms with Gasteiger partial charge in [-0.1, -0.05) is 0 Å². The zero-order chi connectivity index (χ0) is 15.5. The Labute approximate surface area is 121 Å². The summed E-state index contributed by atoms with van der Waals surface area (Å²) in [5, 5.41) is 0. The molecule has 0 aliphatic carbocycles. The second-order valence-corrected chi connectivity index (χ2v) is 5.27. The van der Waals surface area contributed by atoms with Gasteiger partial charge in [-0.2, -0.15) is 13.2 Å². The third-order valence-corrected chi connectivity index (χ3v) is 3.68. The van der Waals surface area contributed by atoms with Gasteiger partial charge in [-0.25, -0.2) is 0 Å². The maximum atomic E-state index is 12.4. The van der Waals surface area contributed by atoms with E-state index in [1.807, 2.05) is 0 Å². The standard InChI is InChI=1S/C14H18F3N3O/c15-14(16,17)12-4-3-11(8-19-12)13(21)20-7-1-2-10(9-20)5-6-18/h3-4,8,10H,1-2,5-7,9,18H2. The van der Waals surface area contributed by atoms with E-state index in [0.717, 1.165) is 31.5 Å². The molecule has 1 aromatic heterocycles. The van der Waals surface area contributed by atoms with E-state index in [0.29, 0.717) is 25.6 Å². The monoisotopic (exact) mass is 301 g/mol. The van der Waals surface area contributed by atoms with Crippen LogP contribution in [0.15, 0.2) is 18.3 Å². The summed E-state index contributed by atoms with van der Waals surface area (Å²) in [6, 6.07) is 2.03. The molecule has 1 saturated heterocycles. The molecule has 1 aliphatic heterocycles. The quantitative estimate of drug-likeness (QED) is 0.932. The van der Waals surface area contributed by atoms with Crippen LogP contribution in [0.2, 0.25) is 0 Å². The van der Waals surface area contributed by atoms with Crippen molar-refractivity contribution in [3.8, 4) is 0 Å². The minimum Gasteiger partial charge on any atom is -0.338 e. The van der Waals surface area contributed by atoms with E-state index in [2.05, 4.69) is 4.98 Å². The number of hydrogen-bond acceptors (Lipinski definition) is 3. The van der Waals surface area contributed by atoms with Gasteiger partial charge in [0, 0.05) is 19.3 Å². The van der Waals surface area contributed by atoms with E-state index in [1.165, 1.54) is 6.07 Å². The number of halogens is 3. The third-order valence-electron chi connectivity index (χ3n) is 3.68. The molecule has 2 N–H and O–H groups in total. The molecule has 0 bridgehead atoms. The Morgan fingerprint density at radius 3 is 2.76 bits per heavy atom. The van der Waals surface area contributed by atoms with Crippen LogP contribution in [0.3, 0.4) is 0 Å². The summed E-state index contributed by atoms with van der Waals surface area (Å²) in [5.41, 5.74) is 4.73. The molecule has 0 saturated carbocycles. The predicted octanol–water partition coefficient (Wildman–Crippen LogP) is 2.30. The minimum atomic E-state index is -4.49. The van der Waals surface area contributed by atoms with Crippen molar-refractivity contribution in [2.75, 3.05) is 19.6 Å². The number of aromatic nitrogens is 1. The molecule has 1 atom stereocenters. The first kappa shape index (κ1) is 15.8. The normalized spacial score (nSPS) is 19.6. The van der Waals surface area contributed by atoms with Crippen molar-refractivity contribution < 1.29 is 18.0 Å². The van der Waals surface area contributed by atoms with Crippen molar-refractivity contribution in [3.05, 3.63) is 29.6 Å². The maximum Gasteiger partial charge on any atom is 0.433 e. The molecule has 1 unspecified atom stereocenters. The molecule has 2 heterocycles. The largest absolute Gasteiger partial charge is 0.433 e. The second kappa shape index (κ2) is 6.43. The van der Waals surface area contributed by atoms with Crippen LogP contribution >= 0.6 is 0 Å². The SMILES string of the molecule is NCCC1CCCN(C(=O)c2ccc(C(F)(F)F)nc2)C1. The van der Waals surface area contributed by atoms with Crippen molar-refractivity contribution in [2.45, 2.75) is 25.4 Å². The molecule has 0 spiro atoms. The number of hydrogen-bond donors (Lipinski definition) is 1. The molecular weight excluding hydrogens is 283 g/mol. The highest BCUT2D eigenvalue weighted by molar-refractivity contribution is 5.94. The summed E-state index contributed by atoms with van der Waals surface area (Å²) in [6.07, 6.45) is -0.706. The fourth-order valence-electron chi connectivity index (χ4n) is 2.59. The van der Waals surface area contributed by atoms with Crippen molar-refractivity contribution >= 4 is 5.91 Å². The summed E-state index contributed by atoms with van der Waals surface area (Å²) in [6.45, 7) is 1.81. The number of piperidine rings is 1. The predicted molar refractivity (Wildman–Crippen MR) is 71.5 cm³/mol. The van der Waals surface area contributed by atoms with Gasteiger partial charge < -0.3 is 10.6 Å². The number of likely N-dealkylation sites (tertiary alicyclic amines) is 1. The first-order valence-electron chi connectivity index (χ1n) is 6.94. The molecule has 1 amide bonds. The molecular formula is C14H18F3N3O. The van der Waals surface area contributed by atoms with E-state index in [-0.39, 0.29) is 11.5 Å². The molecule has 116 valence electrons. The maximum absolute atomic E-state index is 12.4. The topological polar surface area (TPSA) is 59.2 Å². The van der Waals surface area contributed by atoms with Gasteiger partial charge in [0.25, 0.3) is 5.91 Å². The minimum absolute atomic E-state index is 0.191. The van der Waals surface area contributed by atoms with E-state index in [1.54, 1.807) is 4.90 Å². The Bertz CT molecular complexity index is 485. The van der Waals surface area contributed by atoms with Crippen LogP contribution in [0.25, 0.3) is 0 Å². The van der Waals surface area contributed by atoms with Gasteiger partial charge >= 0.3 is 6.18 Å². The number of rotatable bonds is 3. The van der Waals surface area contributed by atoms with Crippen molar-refractivity contribution in [1.82, 2.24) is 9.88 Å². The van der Waals surface area contributed by atoms with Gasteiger partial charge in [0.05, 0.1) is 5.56 Å². The summed E-state index contributed by atoms with van der Waals surface area (Å²) < 4.78 is 37.3. The van der Waals surface area contributed by atoms with E-state index in [4.69, 9.17) is 5.73 Å². The number of carbonyl (C=O) groups excluding carboxylic acids is 1. The second-order valence-electron chi connectivity index (χ2n) is 5.27. The highest BCUT2D eigenvalue weighted by atomic mass is 19.4. The molecule has 1 aliphatic rings. The molecule has 21 heavy (non-hydrogen) atoms. The van der Waals surface area contributed by atoms with Crippen LogP contribution in [0.5, 0.6) is 0 Å². The highest BCUT2D eigenvalue weighted by Gasteiger charge is 2.32. The highest BCUT2D eigenvalue weighted by Crippen LogP contribution is 2.27. The van der Waals surface area contributed by atoms with Crippen molar-refractivity contribution in [3.63, 3.8) is 0 Å². The van der Waals surface area contributed by atoms with Gasteiger partial charge in [0.15, 0.2) is 0 Å². The lowest BCUT2D eigenvalue weighted by Gasteiger charge is -2.32. The average Bonchev–Trinajstić information content (AvgIpc) is 2.46. The van der Waals surface area contributed by atoms with Crippen LogP contribution in [-0.4, -0.2) is 35.4 Å². The summed E-state index contributed by atoms with van der Waals surface area (Å²) in [7, 11) is 0. The lowest BCUT2D eigenvalue weighted by atomic mass is 9.94. The number of carbonyl (C=O) groups is 1. The first-order chi connectivity index (χ1) is 9.91.